The van der Waals surface area contributed by atoms with Gasteiger partial charge < -0.3 is 9.64 Å². The van der Waals surface area contributed by atoms with E-state index in [1.165, 1.54) is 18.3 Å². The SMILES string of the molecule is C[C@@H](c1ccc(-n2cncn2)cc1)N(C)C(=O)COCC(F)(F)F. The van der Waals surface area contributed by atoms with Crippen molar-refractivity contribution < 1.29 is 22.7 Å². The minimum absolute atomic E-state index is 0.309. The molecule has 0 N–H and O–H groups in total. The number of ether oxygens (including phenoxy) is 1. The second kappa shape index (κ2) is 7.43. The van der Waals surface area contributed by atoms with E-state index in [1.54, 1.807) is 17.9 Å². The number of aromatic nitrogens is 3. The summed E-state index contributed by atoms with van der Waals surface area (Å²) in [7, 11) is 1.52. The molecule has 1 aromatic carbocycles. The van der Waals surface area contributed by atoms with Crippen molar-refractivity contribution in [1.82, 2.24) is 19.7 Å². The standard InChI is InChI=1S/C15H17F3N4O2/c1-11(21(2)14(23)7-24-8-15(16,17)18)12-3-5-13(6-4-12)22-10-19-9-20-22/h3-6,9-11H,7-8H2,1-2H3/t11-/m0/s1. The molecule has 2 aromatic rings. The number of likely N-dealkylation sites (N-methyl/N-ethyl adjacent to an activating group) is 1. The number of alkyl halides is 3. The van der Waals surface area contributed by atoms with Gasteiger partial charge in [-0.15, -0.1) is 0 Å². The first-order valence-corrected chi connectivity index (χ1v) is 7.13. The van der Waals surface area contributed by atoms with Gasteiger partial charge >= 0.3 is 6.18 Å². The number of hydrogen-bond donors (Lipinski definition) is 0. The lowest BCUT2D eigenvalue weighted by molar-refractivity contribution is -0.178. The summed E-state index contributed by atoms with van der Waals surface area (Å²) in [6.45, 7) is -0.267. The van der Waals surface area contributed by atoms with Crippen molar-refractivity contribution in [3.63, 3.8) is 0 Å². The van der Waals surface area contributed by atoms with Crippen molar-refractivity contribution in [3.05, 3.63) is 42.5 Å². The maximum Gasteiger partial charge on any atom is 0.411 e. The lowest BCUT2D eigenvalue weighted by Gasteiger charge is -2.25. The average molecular weight is 342 g/mol. The summed E-state index contributed by atoms with van der Waals surface area (Å²) >= 11 is 0. The van der Waals surface area contributed by atoms with Crippen LogP contribution in [0.2, 0.25) is 0 Å². The predicted molar refractivity (Wildman–Crippen MR) is 79.4 cm³/mol. The molecule has 6 nitrogen and oxygen atoms in total. The van der Waals surface area contributed by atoms with E-state index in [-0.39, 0.29) is 6.04 Å². The monoisotopic (exact) mass is 342 g/mol. The number of benzene rings is 1. The molecule has 9 heteroatoms. The molecule has 0 bridgehead atoms. The lowest BCUT2D eigenvalue weighted by atomic mass is 10.1. The highest BCUT2D eigenvalue weighted by atomic mass is 19.4. The van der Waals surface area contributed by atoms with Crippen LogP contribution in [0.3, 0.4) is 0 Å². The van der Waals surface area contributed by atoms with Crippen LogP contribution in [0.15, 0.2) is 36.9 Å². The Morgan fingerprint density at radius 2 is 2.00 bits per heavy atom. The zero-order valence-corrected chi connectivity index (χ0v) is 13.2. The predicted octanol–water partition coefficient (Wildman–Crippen LogP) is 2.37. The van der Waals surface area contributed by atoms with Crippen LogP contribution in [0.1, 0.15) is 18.5 Å². The number of carbonyl (C=O) groups is 1. The summed E-state index contributed by atoms with van der Waals surface area (Å²) in [5.41, 5.74) is 1.65. The van der Waals surface area contributed by atoms with Gasteiger partial charge in [0.15, 0.2) is 0 Å². The van der Waals surface area contributed by atoms with Gasteiger partial charge in [-0.25, -0.2) is 9.67 Å². The van der Waals surface area contributed by atoms with Crippen LogP contribution in [0.25, 0.3) is 5.69 Å². The number of amides is 1. The molecule has 0 aliphatic rings. The molecule has 1 atom stereocenters. The first-order chi connectivity index (χ1) is 11.3. The highest BCUT2D eigenvalue weighted by Gasteiger charge is 2.28. The summed E-state index contributed by atoms with van der Waals surface area (Å²) in [6, 6.07) is 6.97. The highest BCUT2D eigenvalue weighted by Crippen LogP contribution is 2.21. The Hall–Kier alpha value is -2.42. The Morgan fingerprint density at radius 3 is 2.54 bits per heavy atom. The number of halogens is 3. The molecule has 130 valence electrons. The van der Waals surface area contributed by atoms with Gasteiger partial charge in [0.25, 0.3) is 0 Å². The van der Waals surface area contributed by atoms with Gasteiger partial charge in [-0.05, 0) is 24.6 Å². The zero-order valence-electron chi connectivity index (χ0n) is 13.2. The van der Waals surface area contributed by atoms with Crippen LogP contribution in [-0.2, 0) is 9.53 Å². The van der Waals surface area contributed by atoms with Gasteiger partial charge in [0.05, 0.1) is 11.7 Å². The second-order valence-corrected chi connectivity index (χ2v) is 5.22. The Kier molecular flexibility index (Phi) is 5.55. The van der Waals surface area contributed by atoms with Crippen molar-refractivity contribution in [2.24, 2.45) is 0 Å². The van der Waals surface area contributed by atoms with Crippen LogP contribution in [-0.4, -0.2) is 52.0 Å². The molecule has 24 heavy (non-hydrogen) atoms. The Morgan fingerprint density at radius 1 is 1.33 bits per heavy atom. The highest BCUT2D eigenvalue weighted by molar-refractivity contribution is 5.77. The van der Waals surface area contributed by atoms with Crippen molar-refractivity contribution in [3.8, 4) is 5.69 Å². The Labute approximate surface area is 136 Å². The third-order valence-electron chi connectivity index (χ3n) is 3.52. The molecule has 0 unspecified atom stereocenters. The van der Waals surface area contributed by atoms with E-state index in [2.05, 4.69) is 14.8 Å². The van der Waals surface area contributed by atoms with Gasteiger partial charge in [-0.1, -0.05) is 12.1 Å². The number of nitrogens with zero attached hydrogens (tertiary/aromatic N) is 4. The first-order valence-electron chi connectivity index (χ1n) is 7.13. The lowest BCUT2D eigenvalue weighted by Crippen LogP contribution is -2.34. The normalized spacial score (nSPS) is 12.9. The van der Waals surface area contributed by atoms with Crippen molar-refractivity contribution in [2.75, 3.05) is 20.3 Å². The van der Waals surface area contributed by atoms with E-state index in [4.69, 9.17) is 0 Å². The molecular formula is C15H17F3N4O2. The summed E-state index contributed by atoms with van der Waals surface area (Å²) in [6.07, 6.45) is -1.46. The van der Waals surface area contributed by atoms with E-state index in [9.17, 15) is 18.0 Å². The fourth-order valence-electron chi connectivity index (χ4n) is 2.04. The molecule has 1 amide bonds. The van der Waals surface area contributed by atoms with Crippen LogP contribution in [0, 0.1) is 0 Å². The maximum absolute atomic E-state index is 12.0. The van der Waals surface area contributed by atoms with E-state index in [0.717, 1.165) is 11.3 Å². The van der Waals surface area contributed by atoms with Crippen LogP contribution < -0.4 is 0 Å². The van der Waals surface area contributed by atoms with Crippen molar-refractivity contribution in [1.29, 1.82) is 0 Å². The molecule has 0 radical (unpaired) electrons. The molecule has 0 fully saturated rings. The van der Waals surface area contributed by atoms with Crippen molar-refractivity contribution in [2.45, 2.75) is 19.1 Å². The van der Waals surface area contributed by atoms with Crippen molar-refractivity contribution >= 4 is 5.91 Å². The summed E-state index contributed by atoms with van der Waals surface area (Å²) in [4.78, 5) is 17.1. The maximum atomic E-state index is 12.0. The Balaban J connectivity index is 1.94. The molecule has 0 aliphatic heterocycles. The van der Waals surface area contributed by atoms with Crippen LogP contribution in [0.5, 0.6) is 0 Å². The molecule has 0 aliphatic carbocycles. The molecule has 1 aromatic heterocycles. The van der Waals surface area contributed by atoms with Crippen LogP contribution in [0.4, 0.5) is 13.2 Å². The van der Waals surface area contributed by atoms with Gasteiger partial charge in [-0.3, -0.25) is 4.79 Å². The molecule has 0 spiro atoms. The average Bonchev–Trinajstić information content (AvgIpc) is 3.06. The zero-order chi connectivity index (χ0) is 17.7. The molecule has 1 heterocycles. The number of hydrogen-bond acceptors (Lipinski definition) is 4. The minimum Gasteiger partial charge on any atom is -0.362 e. The quantitative estimate of drug-likeness (QED) is 0.809. The summed E-state index contributed by atoms with van der Waals surface area (Å²) < 4.78 is 42.1. The molecule has 0 saturated heterocycles. The first kappa shape index (κ1) is 17.9. The van der Waals surface area contributed by atoms with Crippen LogP contribution >= 0.6 is 0 Å². The minimum atomic E-state index is -4.44. The van der Waals surface area contributed by atoms with Gasteiger partial charge in [0.1, 0.15) is 25.9 Å². The third kappa shape index (κ3) is 4.79. The van der Waals surface area contributed by atoms with Gasteiger partial charge in [0, 0.05) is 7.05 Å². The van der Waals surface area contributed by atoms with E-state index >= 15 is 0 Å². The number of carbonyl (C=O) groups excluding carboxylic acids is 1. The second-order valence-electron chi connectivity index (χ2n) is 5.22. The molecule has 0 saturated carbocycles. The molecular weight excluding hydrogens is 325 g/mol. The van der Waals surface area contributed by atoms with E-state index in [1.807, 2.05) is 24.3 Å². The fraction of sp³-hybridized carbons (Fsp3) is 0.400. The summed E-state index contributed by atoms with van der Waals surface area (Å²) in [5, 5.41) is 4.01. The van der Waals surface area contributed by atoms with Gasteiger partial charge in [0.2, 0.25) is 5.91 Å². The Bertz CT molecular complexity index is 656. The largest absolute Gasteiger partial charge is 0.411 e. The van der Waals surface area contributed by atoms with E-state index in [0.29, 0.717) is 0 Å². The topological polar surface area (TPSA) is 60.2 Å². The summed E-state index contributed by atoms with van der Waals surface area (Å²) in [5.74, 6) is -0.521. The van der Waals surface area contributed by atoms with E-state index < -0.39 is 25.3 Å². The van der Waals surface area contributed by atoms with Gasteiger partial charge in [-0.2, -0.15) is 18.3 Å². The fourth-order valence-corrected chi connectivity index (χ4v) is 2.04. The number of rotatable bonds is 6. The third-order valence-corrected chi connectivity index (χ3v) is 3.52. The smallest absolute Gasteiger partial charge is 0.362 e. The molecule has 2 rings (SSSR count).